The van der Waals surface area contributed by atoms with E-state index in [9.17, 15) is 14.3 Å². The van der Waals surface area contributed by atoms with Crippen molar-refractivity contribution < 1.29 is 14.3 Å². The molecule has 1 aliphatic rings. The molecule has 16 heavy (non-hydrogen) atoms. The van der Waals surface area contributed by atoms with Crippen molar-refractivity contribution >= 4 is 17.5 Å². The Balaban J connectivity index is 2.04. The fourth-order valence-corrected chi connectivity index (χ4v) is 1.95. The normalized spacial score (nSPS) is 20.1. The van der Waals surface area contributed by atoms with Gasteiger partial charge in [0, 0.05) is 0 Å². The van der Waals surface area contributed by atoms with Crippen molar-refractivity contribution in [3.05, 3.63) is 35.9 Å². The number of β-amino-alcohol motifs (C(OH)–C–C–N with tert-alkyl or cyclic N) is 1. The molecule has 1 amide bonds. The maximum absolute atomic E-state index is 12.5. The van der Waals surface area contributed by atoms with Crippen LogP contribution in [0.2, 0.25) is 0 Å². The molecule has 86 valence electrons. The zero-order valence-electron chi connectivity index (χ0n) is 8.44. The molecular formula is C11H11ClFNO2. The summed E-state index contributed by atoms with van der Waals surface area (Å²) in [4.78, 5) is 12.4. The van der Waals surface area contributed by atoms with E-state index in [1.54, 1.807) is 24.3 Å². The summed E-state index contributed by atoms with van der Waals surface area (Å²) >= 11 is 5.04. The second-order valence-electron chi connectivity index (χ2n) is 3.89. The Labute approximate surface area is 97.4 Å². The number of alkyl halides is 2. The molecule has 0 saturated carbocycles. The zero-order chi connectivity index (χ0) is 11.8. The van der Waals surface area contributed by atoms with Crippen LogP contribution in [0, 0.1) is 0 Å². The number of rotatable bonds is 2. The average Bonchev–Trinajstić information content (AvgIpc) is 2.25. The maximum Gasteiger partial charge on any atom is 0.272 e. The molecule has 1 aliphatic heterocycles. The number of benzene rings is 1. The number of hydrogen-bond acceptors (Lipinski definition) is 2. The van der Waals surface area contributed by atoms with Gasteiger partial charge in [0.2, 0.25) is 0 Å². The fraction of sp³-hybridized carbons (Fsp3) is 0.364. The van der Waals surface area contributed by atoms with Crippen molar-refractivity contribution in [3.8, 4) is 0 Å². The fourth-order valence-electron chi connectivity index (χ4n) is 1.81. The molecule has 0 spiro atoms. The molecule has 0 aromatic heterocycles. The van der Waals surface area contributed by atoms with Crippen LogP contribution in [0.4, 0.5) is 4.39 Å². The minimum absolute atomic E-state index is 0.0863. The SMILES string of the molecule is O=C(C(F)Cl)N1CC(O)(c2ccccc2)C1. The second kappa shape index (κ2) is 4.03. The molecule has 1 saturated heterocycles. The highest BCUT2D eigenvalue weighted by Crippen LogP contribution is 2.32. The van der Waals surface area contributed by atoms with Gasteiger partial charge in [-0.1, -0.05) is 41.9 Å². The molecule has 5 heteroatoms. The van der Waals surface area contributed by atoms with Crippen LogP contribution in [0.15, 0.2) is 30.3 Å². The van der Waals surface area contributed by atoms with Gasteiger partial charge in [-0.25, -0.2) is 4.39 Å². The first-order valence-electron chi connectivity index (χ1n) is 4.88. The molecule has 1 unspecified atom stereocenters. The number of aliphatic hydroxyl groups is 1. The van der Waals surface area contributed by atoms with Gasteiger partial charge in [0.15, 0.2) is 0 Å². The van der Waals surface area contributed by atoms with E-state index in [1.165, 1.54) is 4.90 Å². The molecule has 1 aromatic carbocycles. The minimum Gasteiger partial charge on any atom is -0.381 e. The van der Waals surface area contributed by atoms with E-state index < -0.39 is 17.1 Å². The topological polar surface area (TPSA) is 40.5 Å². The van der Waals surface area contributed by atoms with E-state index in [1.807, 2.05) is 6.07 Å². The quantitative estimate of drug-likeness (QED) is 0.795. The highest BCUT2D eigenvalue weighted by atomic mass is 35.5. The number of halogens is 2. The van der Waals surface area contributed by atoms with Crippen molar-refractivity contribution in [1.82, 2.24) is 4.90 Å². The number of carbonyl (C=O) groups excluding carboxylic acids is 1. The Kier molecular flexibility index (Phi) is 2.86. The minimum atomic E-state index is -2.03. The Morgan fingerprint density at radius 2 is 2.00 bits per heavy atom. The van der Waals surface area contributed by atoms with Crippen LogP contribution in [-0.2, 0) is 10.4 Å². The van der Waals surface area contributed by atoms with E-state index in [4.69, 9.17) is 11.6 Å². The van der Waals surface area contributed by atoms with Crippen LogP contribution >= 0.6 is 11.6 Å². The third-order valence-electron chi connectivity index (χ3n) is 2.71. The van der Waals surface area contributed by atoms with Gasteiger partial charge in [-0.15, -0.1) is 0 Å². The molecule has 1 aromatic rings. The number of nitrogens with zero attached hydrogens (tertiary/aromatic N) is 1. The third kappa shape index (κ3) is 1.90. The van der Waals surface area contributed by atoms with Gasteiger partial charge < -0.3 is 10.0 Å². The number of hydrogen-bond donors (Lipinski definition) is 1. The number of amides is 1. The van der Waals surface area contributed by atoms with Crippen molar-refractivity contribution in [1.29, 1.82) is 0 Å². The molecule has 2 rings (SSSR count). The Bertz CT molecular complexity index is 390. The van der Waals surface area contributed by atoms with Crippen molar-refractivity contribution in [2.75, 3.05) is 13.1 Å². The average molecular weight is 244 g/mol. The molecule has 3 nitrogen and oxygen atoms in total. The molecule has 1 heterocycles. The molecule has 1 N–H and O–H groups in total. The lowest BCUT2D eigenvalue weighted by Gasteiger charge is -2.46. The Morgan fingerprint density at radius 1 is 1.44 bits per heavy atom. The first kappa shape index (κ1) is 11.4. The highest BCUT2D eigenvalue weighted by molar-refractivity contribution is 6.29. The Hall–Kier alpha value is -1.13. The lowest BCUT2D eigenvalue weighted by molar-refractivity contribution is -0.159. The van der Waals surface area contributed by atoms with Crippen LogP contribution < -0.4 is 0 Å². The van der Waals surface area contributed by atoms with Gasteiger partial charge in [-0.2, -0.15) is 0 Å². The van der Waals surface area contributed by atoms with E-state index in [0.717, 1.165) is 5.56 Å². The van der Waals surface area contributed by atoms with E-state index in [2.05, 4.69) is 0 Å². The largest absolute Gasteiger partial charge is 0.381 e. The third-order valence-corrected chi connectivity index (χ3v) is 2.90. The lowest BCUT2D eigenvalue weighted by Crippen LogP contribution is -2.62. The summed E-state index contributed by atoms with van der Waals surface area (Å²) in [6.07, 6.45) is 0. The number of carbonyl (C=O) groups is 1. The van der Waals surface area contributed by atoms with Gasteiger partial charge in [0.25, 0.3) is 11.5 Å². The van der Waals surface area contributed by atoms with E-state index in [-0.39, 0.29) is 13.1 Å². The van der Waals surface area contributed by atoms with Crippen LogP contribution in [-0.4, -0.2) is 34.6 Å². The predicted molar refractivity (Wildman–Crippen MR) is 57.7 cm³/mol. The zero-order valence-corrected chi connectivity index (χ0v) is 9.19. The van der Waals surface area contributed by atoms with Gasteiger partial charge in [-0.3, -0.25) is 4.79 Å². The van der Waals surface area contributed by atoms with Gasteiger partial charge in [0.1, 0.15) is 5.60 Å². The molecule has 0 radical (unpaired) electrons. The van der Waals surface area contributed by atoms with E-state index >= 15 is 0 Å². The predicted octanol–water partition coefficient (Wildman–Crippen LogP) is 1.25. The van der Waals surface area contributed by atoms with Crippen molar-refractivity contribution in [2.45, 2.75) is 11.2 Å². The Morgan fingerprint density at radius 3 is 2.50 bits per heavy atom. The summed E-state index contributed by atoms with van der Waals surface area (Å²) < 4.78 is 12.5. The smallest absolute Gasteiger partial charge is 0.272 e. The van der Waals surface area contributed by atoms with Crippen LogP contribution in [0.25, 0.3) is 0 Å². The summed E-state index contributed by atoms with van der Waals surface area (Å²) in [5.74, 6) is -0.790. The van der Waals surface area contributed by atoms with Crippen LogP contribution in [0.5, 0.6) is 0 Å². The van der Waals surface area contributed by atoms with Gasteiger partial charge >= 0.3 is 0 Å². The van der Waals surface area contributed by atoms with Gasteiger partial charge in [0.05, 0.1) is 13.1 Å². The highest BCUT2D eigenvalue weighted by Gasteiger charge is 2.46. The second-order valence-corrected chi connectivity index (χ2v) is 4.28. The van der Waals surface area contributed by atoms with Crippen LogP contribution in [0.1, 0.15) is 5.56 Å². The summed E-state index contributed by atoms with van der Waals surface area (Å²) in [5.41, 5.74) is -2.37. The molecular weight excluding hydrogens is 233 g/mol. The molecule has 1 atom stereocenters. The van der Waals surface area contributed by atoms with Crippen LogP contribution in [0.3, 0.4) is 0 Å². The van der Waals surface area contributed by atoms with Crippen molar-refractivity contribution in [2.24, 2.45) is 0 Å². The van der Waals surface area contributed by atoms with Crippen molar-refractivity contribution in [3.63, 3.8) is 0 Å². The molecule has 1 fully saturated rings. The number of likely N-dealkylation sites (tertiary alicyclic amines) is 1. The summed E-state index contributed by atoms with van der Waals surface area (Å²) in [5, 5.41) is 10.1. The summed E-state index contributed by atoms with van der Waals surface area (Å²) in [6.45, 7) is 0.173. The molecule has 0 bridgehead atoms. The lowest BCUT2D eigenvalue weighted by atomic mass is 9.86. The maximum atomic E-state index is 12.5. The summed E-state index contributed by atoms with van der Waals surface area (Å²) in [6, 6.07) is 8.99. The molecule has 0 aliphatic carbocycles. The van der Waals surface area contributed by atoms with E-state index in [0.29, 0.717) is 0 Å². The monoisotopic (exact) mass is 243 g/mol. The summed E-state index contributed by atoms with van der Waals surface area (Å²) in [7, 11) is 0. The standard InChI is InChI=1S/C11H11ClFNO2/c12-9(13)10(15)14-6-11(16,7-14)8-4-2-1-3-5-8/h1-5,9,16H,6-7H2. The first-order valence-corrected chi connectivity index (χ1v) is 5.31. The van der Waals surface area contributed by atoms with Gasteiger partial charge in [-0.05, 0) is 5.56 Å². The first-order chi connectivity index (χ1) is 7.53.